The number of ether oxygens (including phenoxy) is 2. The van der Waals surface area contributed by atoms with Gasteiger partial charge in [0.25, 0.3) is 5.91 Å². The van der Waals surface area contributed by atoms with Crippen LogP contribution in [0.15, 0.2) is 42.5 Å². The molecule has 162 valence electrons. The van der Waals surface area contributed by atoms with Gasteiger partial charge in [-0.3, -0.25) is 4.79 Å². The summed E-state index contributed by atoms with van der Waals surface area (Å²) < 4.78 is 24.1. The molecule has 1 heterocycles. The van der Waals surface area contributed by atoms with Crippen molar-refractivity contribution in [3.63, 3.8) is 0 Å². The predicted octanol–water partition coefficient (Wildman–Crippen LogP) is -0.169. The third-order valence-corrected chi connectivity index (χ3v) is 5.91. The average molecular weight is 418 g/mol. The van der Waals surface area contributed by atoms with E-state index in [1.165, 1.54) is 15.9 Å². The molecule has 1 saturated heterocycles. The molecule has 3 rings (SSSR count). The number of amides is 1. The first-order valence-electron chi connectivity index (χ1n) is 10.4. The van der Waals surface area contributed by atoms with Crippen molar-refractivity contribution in [2.24, 2.45) is 0 Å². The molecule has 3 N–H and O–H groups in total. The van der Waals surface area contributed by atoms with Crippen LogP contribution in [0.4, 0.5) is 4.39 Å². The number of carbonyl (C=O) groups is 1. The van der Waals surface area contributed by atoms with Gasteiger partial charge < -0.3 is 24.6 Å². The Bertz CT molecular complexity index is 836. The molecule has 0 bridgehead atoms. The second-order valence-electron chi connectivity index (χ2n) is 7.83. The van der Waals surface area contributed by atoms with E-state index in [0.717, 1.165) is 55.3 Å². The van der Waals surface area contributed by atoms with Crippen LogP contribution in [0.25, 0.3) is 0 Å². The molecule has 30 heavy (non-hydrogen) atoms. The molecule has 1 aliphatic heterocycles. The molecule has 0 saturated carbocycles. The van der Waals surface area contributed by atoms with Crippen LogP contribution in [0.2, 0.25) is 0 Å². The highest BCUT2D eigenvalue weighted by Gasteiger charge is 2.31. The highest BCUT2D eigenvalue weighted by Crippen LogP contribution is 2.18. The number of carbonyl (C=O) groups excluding carboxylic acids is 1. The van der Waals surface area contributed by atoms with Crippen molar-refractivity contribution in [1.29, 1.82) is 0 Å². The molecule has 0 aromatic heterocycles. The van der Waals surface area contributed by atoms with E-state index in [2.05, 4.69) is 5.32 Å². The Morgan fingerprint density at radius 2 is 1.77 bits per heavy atom. The quantitative estimate of drug-likeness (QED) is 0.559. The van der Waals surface area contributed by atoms with E-state index in [4.69, 9.17) is 9.47 Å². The molecule has 0 radical (unpaired) electrons. The largest absolute Gasteiger partial charge is 0.497 e. The molecule has 1 atom stereocenters. The zero-order valence-corrected chi connectivity index (χ0v) is 18.0. The summed E-state index contributed by atoms with van der Waals surface area (Å²) in [4.78, 5) is 15.3. The van der Waals surface area contributed by atoms with Gasteiger partial charge in [-0.05, 0) is 42.8 Å². The number of hydrogen-bond acceptors (Lipinski definition) is 3. The zero-order chi connectivity index (χ0) is 21.5. The summed E-state index contributed by atoms with van der Waals surface area (Å²) in [7, 11) is 3.25. The molecule has 2 aromatic carbocycles. The van der Waals surface area contributed by atoms with Crippen LogP contribution in [-0.4, -0.2) is 52.3 Å². The summed E-state index contributed by atoms with van der Waals surface area (Å²) >= 11 is 0. The van der Waals surface area contributed by atoms with Gasteiger partial charge in [0.1, 0.15) is 50.0 Å². The number of quaternary nitrogens is 2. The van der Waals surface area contributed by atoms with E-state index in [1.807, 2.05) is 31.2 Å². The number of methoxy groups -OCH3 is 2. The molecule has 1 fully saturated rings. The molecule has 6 nitrogen and oxygen atoms in total. The summed E-state index contributed by atoms with van der Waals surface area (Å²) in [6.45, 7) is 6.91. The smallest absolute Gasteiger partial charge is 0.278 e. The van der Waals surface area contributed by atoms with Crippen molar-refractivity contribution in [1.82, 2.24) is 5.32 Å². The fourth-order valence-corrected chi connectivity index (χ4v) is 3.96. The minimum atomic E-state index is -0.239. The average Bonchev–Trinajstić information content (AvgIpc) is 2.78. The maximum absolute atomic E-state index is 13.6. The van der Waals surface area contributed by atoms with E-state index < -0.39 is 0 Å². The Kier molecular flexibility index (Phi) is 7.65. The molecule has 1 amide bonds. The van der Waals surface area contributed by atoms with Crippen molar-refractivity contribution >= 4 is 5.91 Å². The van der Waals surface area contributed by atoms with E-state index in [0.29, 0.717) is 6.54 Å². The number of hydrogen-bond donors (Lipinski definition) is 3. The minimum Gasteiger partial charge on any atom is -0.497 e. The summed E-state index contributed by atoms with van der Waals surface area (Å²) in [6.07, 6.45) is 0. The summed E-state index contributed by atoms with van der Waals surface area (Å²) in [5.74, 6) is 1.36. The number of piperazine rings is 1. The lowest BCUT2D eigenvalue weighted by Crippen LogP contribution is -3.29. The summed E-state index contributed by atoms with van der Waals surface area (Å²) in [6, 6.07) is 12.3. The van der Waals surface area contributed by atoms with Crippen LogP contribution in [0, 0.1) is 5.82 Å². The van der Waals surface area contributed by atoms with Crippen molar-refractivity contribution in [3.05, 3.63) is 59.4 Å². The normalized spacial score (nSPS) is 19.7. The zero-order valence-electron chi connectivity index (χ0n) is 18.0. The third-order valence-electron chi connectivity index (χ3n) is 5.91. The molecule has 7 heteroatoms. The van der Waals surface area contributed by atoms with Gasteiger partial charge in [0, 0.05) is 6.54 Å². The number of rotatable bonds is 8. The lowest BCUT2D eigenvalue weighted by molar-refractivity contribution is -1.02. The SMILES string of the molecule is COc1ccc(CNC(=O)[C@H](C)[NH+]2CC[NH+](Cc3cc(F)ccc3OC)CC2)cc1. The van der Waals surface area contributed by atoms with Crippen molar-refractivity contribution in [3.8, 4) is 11.5 Å². The van der Waals surface area contributed by atoms with Gasteiger partial charge in [-0.15, -0.1) is 0 Å². The second kappa shape index (κ2) is 10.4. The van der Waals surface area contributed by atoms with Crippen LogP contribution >= 0.6 is 0 Å². The Labute approximate surface area is 177 Å². The number of benzene rings is 2. The third kappa shape index (κ3) is 5.70. The van der Waals surface area contributed by atoms with E-state index in [-0.39, 0.29) is 17.8 Å². The molecular formula is C23H32FN3O3+2. The van der Waals surface area contributed by atoms with Gasteiger partial charge in [-0.25, -0.2) is 4.39 Å². The van der Waals surface area contributed by atoms with Crippen LogP contribution < -0.4 is 24.6 Å². The molecule has 0 aliphatic carbocycles. The van der Waals surface area contributed by atoms with Crippen LogP contribution in [0.5, 0.6) is 11.5 Å². The van der Waals surface area contributed by atoms with E-state index in [9.17, 15) is 9.18 Å². The molecule has 1 aliphatic rings. The molecule has 0 spiro atoms. The van der Waals surface area contributed by atoms with Gasteiger partial charge in [0.2, 0.25) is 0 Å². The number of nitrogens with one attached hydrogen (secondary N) is 3. The maximum Gasteiger partial charge on any atom is 0.278 e. The van der Waals surface area contributed by atoms with Crippen LogP contribution in [0.3, 0.4) is 0 Å². The first-order chi connectivity index (χ1) is 14.5. The minimum absolute atomic E-state index is 0.0658. The van der Waals surface area contributed by atoms with Crippen molar-refractivity contribution in [2.75, 3.05) is 40.4 Å². The topological polar surface area (TPSA) is 56.4 Å². The molecule has 0 unspecified atom stereocenters. The highest BCUT2D eigenvalue weighted by atomic mass is 19.1. The Hall–Kier alpha value is -2.64. The standard InChI is InChI=1S/C23H30FN3O3/c1-17(23(28)25-15-18-4-7-21(29-2)8-5-18)27-12-10-26(11-13-27)16-19-14-20(24)6-9-22(19)30-3/h4-9,14,17H,10-13,15-16H2,1-3H3,(H,25,28)/p+2/t17-/m0/s1. The van der Waals surface area contributed by atoms with Crippen molar-refractivity contribution < 1.29 is 28.5 Å². The summed E-state index contributed by atoms with van der Waals surface area (Å²) in [5.41, 5.74) is 1.94. The Morgan fingerprint density at radius 3 is 2.40 bits per heavy atom. The van der Waals surface area contributed by atoms with Crippen molar-refractivity contribution in [2.45, 2.75) is 26.1 Å². The predicted molar refractivity (Wildman–Crippen MR) is 112 cm³/mol. The second-order valence-corrected chi connectivity index (χ2v) is 7.83. The van der Waals surface area contributed by atoms with E-state index >= 15 is 0 Å². The maximum atomic E-state index is 13.6. The van der Waals surface area contributed by atoms with Gasteiger partial charge in [0.15, 0.2) is 6.04 Å². The van der Waals surface area contributed by atoms with Crippen LogP contribution in [0.1, 0.15) is 18.1 Å². The van der Waals surface area contributed by atoms with E-state index in [1.54, 1.807) is 26.4 Å². The summed E-state index contributed by atoms with van der Waals surface area (Å²) in [5, 5.41) is 3.04. The molecule has 2 aromatic rings. The Morgan fingerprint density at radius 1 is 1.07 bits per heavy atom. The van der Waals surface area contributed by atoms with Gasteiger partial charge in [-0.1, -0.05) is 12.1 Å². The lowest BCUT2D eigenvalue weighted by atomic mass is 10.1. The van der Waals surface area contributed by atoms with Gasteiger partial charge in [0.05, 0.1) is 19.8 Å². The highest BCUT2D eigenvalue weighted by molar-refractivity contribution is 5.79. The Balaban J connectivity index is 1.46. The monoisotopic (exact) mass is 417 g/mol. The fraction of sp³-hybridized carbons (Fsp3) is 0.435. The fourth-order valence-electron chi connectivity index (χ4n) is 3.96. The first-order valence-corrected chi connectivity index (χ1v) is 10.4. The van der Waals surface area contributed by atoms with Gasteiger partial charge in [-0.2, -0.15) is 0 Å². The first kappa shape index (κ1) is 22.1. The molecular weight excluding hydrogens is 385 g/mol. The lowest BCUT2D eigenvalue weighted by Gasteiger charge is -2.32. The van der Waals surface area contributed by atoms with Gasteiger partial charge >= 0.3 is 0 Å². The number of halogens is 1. The van der Waals surface area contributed by atoms with Crippen LogP contribution in [-0.2, 0) is 17.9 Å².